The van der Waals surface area contributed by atoms with Crippen molar-refractivity contribution in [1.29, 1.82) is 0 Å². The van der Waals surface area contributed by atoms with Gasteiger partial charge in [0, 0.05) is 0 Å². The summed E-state index contributed by atoms with van der Waals surface area (Å²) in [5.41, 5.74) is 0.530. The average Bonchev–Trinajstić information content (AvgIpc) is 2.32. The van der Waals surface area contributed by atoms with Gasteiger partial charge in [-0.2, -0.15) is 0 Å². The van der Waals surface area contributed by atoms with E-state index in [0.717, 1.165) is 31.4 Å². The zero-order valence-corrected chi connectivity index (χ0v) is 11.3. The minimum Gasteiger partial charge on any atom is -0.204 e. The quantitative estimate of drug-likeness (QED) is 0.536. The third kappa shape index (κ3) is 4.07. The number of hydrogen-bond acceptors (Lipinski definition) is 0. The van der Waals surface area contributed by atoms with E-state index >= 15 is 0 Å². The van der Waals surface area contributed by atoms with E-state index < -0.39 is 17.5 Å². The largest absolute Gasteiger partial charge is 0.204 e. The van der Waals surface area contributed by atoms with Crippen LogP contribution in [0, 0.1) is 23.4 Å². The second-order valence-corrected chi connectivity index (χ2v) is 5.17. The monoisotopic (exact) mass is 256 g/mol. The maximum absolute atomic E-state index is 13.1. The Morgan fingerprint density at radius 3 is 2.17 bits per heavy atom. The molecule has 0 aromatic heterocycles. The summed E-state index contributed by atoms with van der Waals surface area (Å²) < 4.78 is 39.0. The van der Waals surface area contributed by atoms with Crippen molar-refractivity contribution in [3.05, 3.63) is 29.6 Å². The lowest BCUT2D eigenvalue weighted by atomic mass is 9.55. The first kappa shape index (κ1) is 15.1. The van der Waals surface area contributed by atoms with Gasteiger partial charge in [0.05, 0.1) is 0 Å². The molecule has 0 heterocycles. The SMILES string of the molecule is CCCCC(C)C(C)Bc1cc(F)c(F)c(F)c1. The first-order chi connectivity index (χ1) is 8.45. The normalized spacial score (nSPS) is 14.3. The molecule has 0 nitrogen and oxygen atoms in total. The molecule has 0 saturated carbocycles. The van der Waals surface area contributed by atoms with Crippen molar-refractivity contribution in [3.63, 3.8) is 0 Å². The first-order valence-electron chi connectivity index (χ1n) is 6.59. The second kappa shape index (κ2) is 6.86. The molecule has 0 aliphatic rings. The third-order valence-electron chi connectivity index (χ3n) is 3.59. The van der Waals surface area contributed by atoms with Gasteiger partial charge in [0.1, 0.15) is 0 Å². The summed E-state index contributed by atoms with van der Waals surface area (Å²) in [5.74, 6) is -2.75. The van der Waals surface area contributed by atoms with Crippen LogP contribution >= 0.6 is 0 Å². The van der Waals surface area contributed by atoms with Gasteiger partial charge in [-0.3, -0.25) is 0 Å². The van der Waals surface area contributed by atoms with E-state index in [4.69, 9.17) is 0 Å². The Bertz CT molecular complexity index is 370. The van der Waals surface area contributed by atoms with E-state index in [0.29, 0.717) is 24.5 Å². The topological polar surface area (TPSA) is 0 Å². The average molecular weight is 256 g/mol. The standard InChI is InChI=1S/C14H20BF3/c1-4-5-6-9(2)10(3)15-11-7-12(16)14(18)13(17)8-11/h7-10,15H,4-6H2,1-3H3. The van der Waals surface area contributed by atoms with Crippen molar-refractivity contribution in [1.82, 2.24) is 0 Å². The zero-order valence-electron chi connectivity index (χ0n) is 11.3. The van der Waals surface area contributed by atoms with Crippen LogP contribution in [0.1, 0.15) is 40.0 Å². The molecule has 1 aromatic carbocycles. The molecule has 0 fully saturated rings. The van der Waals surface area contributed by atoms with Gasteiger partial charge < -0.3 is 0 Å². The van der Waals surface area contributed by atoms with Crippen LogP contribution < -0.4 is 5.46 Å². The van der Waals surface area contributed by atoms with E-state index in [1.54, 1.807) is 0 Å². The number of hydrogen-bond donors (Lipinski definition) is 0. The fourth-order valence-electron chi connectivity index (χ4n) is 2.11. The van der Waals surface area contributed by atoms with Crippen LogP contribution in [0.5, 0.6) is 0 Å². The number of rotatable bonds is 6. The van der Waals surface area contributed by atoms with E-state index in [9.17, 15) is 13.2 Å². The van der Waals surface area contributed by atoms with Crippen LogP contribution in [0.2, 0.25) is 5.82 Å². The second-order valence-electron chi connectivity index (χ2n) is 5.17. The fourth-order valence-corrected chi connectivity index (χ4v) is 2.11. The highest BCUT2D eigenvalue weighted by atomic mass is 19.2. The molecule has 2 unspecified atom stereocenters. The predicted octanol–water partition coefficient (Wildman–Crippen LogP) is 3.80. The fraction of sp³-hybridized carbons (Fsp3) is 0.571. The van der Waals surface area contributed by atoms with Gasteiger partial charge in [-0.05, 0) is 18.1 Å². The molecule has 0 amide bonds. The number of unbranched alkanes of at least 4 members (excludes halogenated alkanes) is 1. The lowest BCUT2D eigenvalue weighted by Crippen LogP contribution is -2.23. The van der Waals surface area contributed by atoms with E-state index in [2.05, 4.69) is 20.8 Å². The number of benzene rings is 1. The number of halogens is 3. The Hall–Kier alpha value is -0.925. The summed E-state index contributed by atoms with van der Waals surface area (Å²) in [4.78, 5) is 0. The molecular weight excluding hydrogens is 236 g/mol. The van der Waals surface area contributed by atoms with Crippen LogP contribution in [0.4, 0.5) is 13.2 Å². The summed E-state index contributed by atoms with van der Waals surface area (Å²) in [6.45, 7) is 6.36. The highest BCUT2D eigenvalue weighted by Crippen LogP contribution is 2.22. The lowest BCUT2D eigenvalue weighted by molar-refractivity contribution is 0.448. The molecule has 1 rings (SSSR count). The predicted molar refractivity (Wildman–Crippen MR) is 71.2 cm³/mol. The molecule has 0 aliphatic heterocycles. The van der Waals surface area contributed by atoms with E-state index in [-0.39, 0.29) is 0 Å². The summed E-state index contributed by atoms with van der Waals surface area (Å²) in [5, 5.41) is 0. The van der Waals surface area contributed by atoms with Gasteiger partial charge in [-0.25, -0.2) is 13.2 Å². The van der Waals surface area contributed by atoms with Crippen LogP contribution in [-0.2, 0) is 0 Å². The first-order valence-corrected chi connectivity index (χ1v) is 6.59. The molecule has 0 spiro atoms. The molecular formula is C14H20BF3. The van der Waals surface area contributed by atoms with Crippen LogP contribution in [0.3, 0.4) is 0 Å². The van der Waals surface area contributed by atoms with Crippen LogP contribution in [0.15, 0.2) is 12.1 Å². The van der Waals surface area contributed by atoms with E-state index in [1.165, 1.54) is 0 Å². The minimum atomic E-state index is -1.38. The Morgan fingerprint density at radius 2 is 1.67 bits per heavy atom. The lowest BCUT2D eigenvalue weighted by Gasteiger charge is -2.18. The van der Waals surface area contributed by atoms with Crippen molar-refractivity contribution < 1.29 is 13.2 Å². The van der Waals surface area contributed by atoms with Gasteiger partial charge in [-0.1, -0.05) is 51.3 Å². The molecule has 0 aliphatic carbocycles. The molecule has 18 heavy (non-hydrogen) atoms. The van der Waals surface area contributed by atoms with Gasteiger partial charge >= 0.3 is 0 Å². The molecule has 2 atom stereocenters. The van der Waals surface area contributed by atoms with Crippen molar-refractivity contribution in [2.45, 2.75) is 45.9 Å². The van der Waals surface area contributed by atoms with Crippen LogP contribution in [-0.4, -0.2) is 7.28 Å². The minimum absolute atomic E-state index is 0.334. The maximum Gasteiger partial charge on any atom is 0.194 e. The van der Waals surface area contributed by atoms with Gasteiger partial charge in [0.15, 0.2) is 24.7 Å². The van der Waals surface area contributed by atoms with Crippen molar-refractivity contribution in [3.8, 4) is 0 Å². The van der Waals surface area contributed by atoms with Crippen molar-refractivity contribution >= 4 is 12.7 Å². The van der Waals surface area contributed by atoms with E-state index in [1.807, 2.05) is 0 Å². The molecule has 1 aromatic rings. The summed E-state index contributed by atoms with van der Waals surface area (Å²) in [7, 11) is 0.582. The third-order valence-corrected chi connectivity index (χ3v) is 3.59. The Morgan fingerprint density at radius 1 is 1.11 bits per heavy atom. The summed E-state index contributed by atoms with van der Waals surface area (Å²) >= 11 is 0. The molecule has 0 radical (unpaired) electrons. The summed E-state index contributed by atoms with van der Waals surface area (Å²) in [6, 6.07) is 2.20. The Labute approximate surface area is 108 Å². The highest BCUT2D eigenvalue weighted by molar-refractivity contribution is 6.54. The summed E-state index contributed by atoms with van der Waals surface area (Å²) in [6.07, 6.45) is 3.43. The maximum atomic E-state index is 13.1. The molecule has 0 saturated heterocycles. The highest BCUT2D eigenvalue weighted by Gasteiger charge is 2.17. The Kier molecular flexibility index (Phi) is 5.77. The van der Waals surface area contributed by atoms with Gasteiger partial charge in [0.2, 0.25) is 0 Å². The molecule has 0 N–H and O–H groups in total. The van der Waals surface area contributed by atoms with Gasteiger partial charge in [-0.15, -0.1) is 0 Å². The zero-order chi connectivity index (χ0) is 13.7. The van der Waals surface area contributed by atoms with Crippen LogP contribution in [0.25, 0.3) is 0 Å². The Balaban J connectivity index is 2.67. The molecule has 4 heteroatoms. The molecule has 100 valence electrons. The molecule has 0 bridgehead atoms. The van der Waals surface area contributed by atoms with Crippen molar-refractivity contribution in [2.75, 3.05) is 0 Å². The smallest absolute Gasteiger partial charge is 0.194 e. The van der Waals surface area contributed by atoms with Crippen molar-refractivity contribution in [2.24, 2.45) is 5.92 Å². The van der Waals surface area contributed by atoms with Gasteiger partial charge in [0.25, 0.3) is 0 Å².